The second kappa shape index (κ2) is 7.06. The molecule has 0 aliphatic heterocycles. The molecule has 3 nitrogen and oxygen atoms in total. The zero-order chi connectivity index (χ0) is 17.9. The summed E-state index contributed by atoms with van der Waals surface area (Å²) in [4.78, 5) is 16.5. The van der Waals surface area contributed by atoms with Gasteiger partial charge in [0.15, 0.2) is 0 Å². The normalized spacial score (nSPS) is 11.3. The van der Waals surface area contributed by atoms with Gasteiger partial charge in [-0.05, 0) is 41.3 Å². The van der Waals surface area contributed by atoms with Gasteiger partial charge in [-0.25, -0.2) is 0 Å². The number of pyridine rings is 1. The van der Waals surface area contributed by atoms with Gasteiger partial charge in [-0.15, -0.1) is 0 Å². The molecule has 1 aromatic carbocycles. The minimum absolute atomic E-state index is 0.0317. The molecule has 0 atom stereocenters. The fourth-order valence-corrected chi connectivity index (χ4v) is 3.00. The number of aromatic nitrogens is 1. The van der Waals surface area contributed by atoms with Crippen LogP contribution in [-0.4, -0.2) is 10.9 Å². The summed E-state index contributed by atoms with van der Waals surface area (Å²) in [5.74, 6) is -0.564. The Balaban J connectivity index is 1.76. The summed E-state index contributed by atoms with van der Waals surface area (Å²) >= 11 is 1.53. The summed E-state index contributed by atoms with van der Waals surface area (Å²) in [5, 5.41) is 6.52. The smallest absolute Gasteiger partial charge is 0.348 e. The van der Waals surface area contributed by atoms with Crippen LogP contribution >= 0.6 is 11.3 Å². The molecule has 1 amide bonds. The molecule has 0 aliphatic rings. The molecule has 2 heterocycles. The number of nitrogens with zero attached hydrogens (tertiary/aromatic N) is 1. The third kappa shape index (κ3) is 4.06. The fourth-order valence-electron chi connectivity index (χ4n) is 2.35. The van der Waals surface area contributed by atoms with E-state index in [1.807, 2.05) is 22.9 Å². The van der Waals surface area contributed by atoms with Gasteiger partial charge >= 0.3 is 6.18 Å². The van der Waals surface area contributed by atoms with Gasteiger partial charge in [-0.2, -0.15) is 24.5 Å². The number of amides is 1. The largest absolute Gasteiger partial charge is 0.416 e. The summed E-state index contributed by atoms with van der Waals surface area (Å²) in [7, 11) is 0. The molecule has 1 N–H and O–H groups in total. The van der Waals surface area contributed by atoms with Crippen molar-refractivity contribution in [3.05, 3.63) is 76.1 Å². The van der Waals surface area contributed by atoms with Crippen LogP contribution in [0.1, 0.15) is 21.5 Å². The number of halogens is 3. The highest BCUT2D eigenvalue weighted by Crippen LogP contribution is 2.29. The molecule has 0 fully saturated rings. The summed E-state index contributed by atoms with van der Waals surface area (Å²) in [6.07, 6.45) is -2.82. The lowest BCUT2D eigenvalue weighted by molar-refractivity contribution is -0.137. The number of nitrogens with one attached hydrogen (secondary N) is 1. The quantitative estimate of drug-likeness (QED) is 0.727. The third-order valence-corrected chi connectivity index (χ3v) is 4.26. The van der Waals surface area contributed by atoms with E-state index in [0.717, 1.165) is 29.0 Å². The van der Waals surface area contributed by atoms with Crippen molar-refractivity contribution in [3.63, 3.8) is 0 Å². The molecule has 7 heteroatoms. The Hall–Kier alpha value is -2.67. The molecule has 0 bridgehead atoms. The van der Waals surface area contributed by atoms with Gasteiger partial charge in [0.1, 0.15) is 0 Å². The minimum atomic E-state index is -4.48. The van der Waals surface area contributed by atoms with Crippen molar-refractivity contribution in [2.24, 2.45) is 0 Å². The van der Waals surface area contributed by atoms with Crippen LogP contribution in [0.3, 0.4) is 0 Å². The summed E-state index contributed by atoms with van der Waals surface area (Å²) in [5.41, 5.74) is 1.60. The number of carbonyl (C=O) groups is 1. The fraction of sp³-hybridized carbons (Fsp3) is 0.111. The van der Waals surface area contributed by atoms with E-state index in [0.29, 0.717) is 0 Å². The molecule has 25 heavy (non-hydrogen) atoms. The Morgan fingerprint density at radius 1 is 1.16 bits per heavy atom. The van der Waals surface area contributed by atoms with E-state index in [4.69, 9.17) is 0 Å². The van der Waals surface area contributed by atoms with Crippen molar-refractivity contribution in [2.45, 2.75) is 12.7 Å². The lowest BCUT2D eigenvalue weighted by Crippen LogP contribution is -2.23. The van der Waals surface area contributed by atoms with Crippen molar-refractivity contribution >= 4 is 17.2 Å². The average molecular weight is 362 g/mol. The maximum absolute atomic E-state index is 12.8. The highest BCUT2D eigenvalue weighted by molar-refractivity contribution is 7.08. The number of carbonyl (C=O) groups excluding carboxylic acids is 1. The molecule has 0 spiro atoms. The first-order chi connectivity index (χ1) is 11.9. The Kier molecular flexibility index (Phi) is 4.85. The van der Waals surface area contributed by atoms with Crippen molar-refractivity contribution in [1.82, 2.24) is 10.3 Å². The van der Waals surface area contributed by atoms with E-state index in [9.17, 15) is 18.0 Å². The Bertz CT molecular complexity index is 876. The monoisotopic (exact) mass is 362 g/mol. The molecule has 0 saturated carbocycles. The van der Waals surface area contributed by atoms with Crippen LogP contribution in [0.15, 0.2) is 59.4 Å². The molecular weight excluding hydrogens is 349 g/mol. The van der Waals surface area contributed by atoms with E-state index < -0.39 is 17.6 Å². The van der Waals surface area contributed by atoms with Crippen LogP contribution in [0.4, 0.5) is 13.2 Å². The van der Waals surface area contributed by atoms with Gasteiger partial charge in [-0.1, -0.05) is 12.1 Å². The molecule has 128 valence electrons. The van der Waals surface area contributed by atoms with Crippen molar-refractivity contribution in [3.8, 4) is 11.3 Å². The maximum atomic E-state index is 12.8. The number of benzene rings is 1. The van der Waals surface area contributed by atoms with Crippen molar-refractivity contribution in [2.75, 3.05) is 0 Å². The van der Waals surface area contributed by atoms with Gasteiger partial charge in [0.25, 0.3) is 5.91 Å². The molecule has 0 radical (unpaired) electrons. The number of rotatable bonds is 4. The van der Waals surface area contributed by atoms with Gasteiger partial charge in [0.05, 0.1) is 11.3 Å². The lowest BCUT2D eigenvalue weighted by atomic mass is 10.1. The molecule has 0 saturated heterocycles. The van der Waals surface area contributed by atoms with E-state index in [1.165, 1.54) is 23.5 Å². The first-order valence-corrected chi connectivity index (χ1v) is 8.31. The molecule has 2 aromatic heterocycles. The van der Waals surface area contributed by atoms with Crippen molar-refractivity contribution in [1.29, 1.82) is 0 Å². The lowest BCUT2D eigenvalue weighted by Gasteiger charge is -2.11. The number of hydrogen-bond donors (Lipinski definition) is 1. The summed E-state index contributed by atoms with van der Waals surface area (Å²) < 4.78 is 38.3. The third-order valence-electron chi connectivity index (χ3n) is 3.58. The van der Waals surface area contributed by atoms with Crippen LogP contribution in [0.5, 0.6) is 0 Å². The zero-order valence-corrected chi connectivity index (χ0v) is 13.7. The van der Waals surface area contributed by atoms with Gasteiger partial charge < -0.3 is 5.32 Å². The van der Waals surface area contributed by atoms with E-state index in [2.05, 4.69) is 10.3 Å². The predicted molar refractivity (Wildman–Crippen MR) is 90.2 cm³/mol. The van der Waals surface area contributed by atoms with Crippen LogP contribution in [0, 0.1) is 0 Å². The van der Waals surface area contributed by atoms with Gasteiger partial charge in [0.2, 0.25) is 0 Å². The second-order valence-corrected chi connectivity index (χ2v) is 6.06. The molecule has 0 aliphatic carbocycles. The molecule has 3 rings (SSSR count). The topological polar surface area (TPSA) is 42.0 Å². The van der Waals surface area contributed by atoms with Crippen LogP contribution < -0.4 is 5.32 Å². The number of hydrogen-bond acceptors (Lipinski definition) is 3. The van der Waals surface area contributed by atoms with Crippen molar-refractivity contribution < 1.29 is 18.0 Å². The minimum Gasteiger partial charge on any atom is -0.348 e. The van der Waals surface area contributed by atoms with Crippen LogP contribution in [-0.2, 0) is 12.7 Å². The van der Waals surface area contributed by atoms with Gasteiger partial charge in [0, 0.05) is 29.2 Å². The number of thiophene rings is 1. The summed E-state index contributed by atoms with van der Waals surface area (Å²) in [6.45, 7) is 0.175. The van der Waals surface area contributed by atoms with E-state index >= 15 is 0 Å². The molecular formula is C18H13F3N2OS. The maximum Gasteiger partial charge on any atom is 0.416 e. The summed E-state index contributed by atoms with van der Waals surface area (Å²) in [6, 6.07) is 9.86. The van der Waals surface area contributed by atoms with E-state index in [1.54, 1.807) is 12.3 Å². The Labute approximate surface area is 146 Å². The average Bonchev–Trinajstić information content (AvgIpc) is 3.14. The first-order valence-electron chi connectivity index (χ1n) is 7.37. The highest BCUT2D eigenvalue weighted by atomic mass is 32.1. The zero-order valence-electron chi connectivity index (χ0n) is 12.9. The Morgan fingerprint density at radius 3 is 2.72 bits per heavy atom. The van der Waals surface area contributed by atoms with E-state index in [-0.39, 0.29) is 12.1 Å². The standard InChI is InChI=1S/C18H13F3N2OS/c19-18(20,21)15-5-1-3-12(9-15)17(24)23-10-13-4-2-7-22-16(13)14-6-8-25-11-14/h1-9,11H,10H2,(H,23,24). The molecule has 3 aromatic rings. The molecule has 0 unspecified atom stereocenters. The van der Waals surface area contributed by atoms with Gasteiger partial charge in [-0.3, -0.25) is 9.78 Å². The SMILES string of the molecule is O=C(NCc1cccnc1-c1ccsc1)c1cccc(C(F)(F)F)c1. The first kappa shape index (κ1) is 17.2. The second-order valence-electron chi connectivity index (χ2n) is 5.28. The predicted octanol–water partition coefficient (Wildman–Crippen LogP) is 4.76. The highest BCUT2D eigenvalue weighted by Gasteiger charge is 2.30. The number of alkyl halides is 3. The van der Waals surface area contributed by atoms with Crippen LogP contribution in [0.25, 0.3) is 11.3 Å². The Morgan fingerprint density at radius 2 is 2.00 bits per heavy atom. The van der Waals surface area contributed by atoms with Crippen LogP contribution in [0.2, 0.25) is 0 Å².